The SMILES string of the molecule is CN(CC1CCCCO1)S(=O)(=O)C1CCNC1. The molecule has 6 heteroatoms. The predicted molar refractivity (Wildman–Crippen MR) is 66.4 cm³/mol. The summed E-state index contributed by atoms with van der Waals surface area (Å²) in [5, 5.41) is 2.85. The van der Waals surface area contributed by atoms with Crippen LogP contribution in [0.4, 0.5) is 0 Å². The van der Waals surface area contributed by atoms with Crippen LogP contribution < -0.4 is 5.32 Å². The standard InChI is InChI=1S/C11H22N2O3S/c1-13(9-10-4-2-3-7-16-10)17(14,15)11-5-6-12-8-11/h10-12H,2-9H2,1H3. The first-order valence-corrected chi connectivity index (χ1v) is 7.88. The molecule has 0 aromatic carbocycles. The molecule has 2 saturated heterocycles. The van der Waals surface area contributed by atoms with Gasteiger partial charge in [0, 0.05) is 26.7 Å². The summed E-state index contributed by atoms with van der Waals surface area (Å²) in [6, 6.07) is 0. The quantitative estimate of drug-likeness (QED) is 0.785. The van der Waals surface area contributed by atoms with E-state index in [9.17, 15) is 8.42 Å². The number of rotatable bonds is 4. The zero-order valence-electron chi connectivity index (χ0n) is 10.4. The molecule has 2 aliphatic heterocycles. The van der Waals surface area contributed by atoms with Crippen molar-refractivity contribution in [1.29, 1.82) is 0 Å². The second kappa shape index (κ2) is 5.65. The lowest BCUT2D eigenvalue weighted by Crippen LogP contribution is -2.42. The van der Waals surface area contributed by atoms with Crippen molar-refractivity contribution in [3.8, 4) is 0 Å². The highest BCUT2D eigenvalue weighted by Crippen LogP contribution is 2.18. The van der Waals surface area contributed by atoms with E-state index in [1.54, 1.807) is 7.05 Å². The van der Waals surface area contributed by atoms with Crippen LogP contribution in [0.3, 0.4) is 0 Å². The monoisotopic (exact) mass is 262 g/mol. The van der Waals surface area contributed by atoms with Gasteiger partial charge in [-0.3, -0.25) is 0 Å². The summed E-state index contributed by atoms with van der Waals surface area (Å²) in [4.78, 5) is 0. The van der Waals surface area contributed by atoms with Crippen molar-refractivity contribution in [2.45, 2.75) is 37.0 Å². The number of hydrogen-bond donors (Lipinski definition) is 1. The molecular formula is C11H22N2O3S. The third-order valence-corrected chi connectivity index (χ3v) is 5.87. The van der Waals surface area contributed by atoms with Crippen molar-refractivity contribution in [2.24, 2.45) is 0 Å². The van der Waals surface area contributed by atoms with Crippen LogP contribution in [0.25, 0.3) is 0 Å². The van der Waals surface area contributed by atoms with E-state index in [-0.39, 0.29) is 11.4 Å². The van der Waals surface area contributed by atoms with Crippen LogP contribution in [-0.2, 0) is 14.8 Å². The lowest BCUT2D eigenvalue weighted by molar-refractivity contribution is 0.00850. The van der Waals surface area contributed by atoms with Gasteiger partial charge in [0.05, 0.1) is 11.4 Å². The Bertz CT molecular complexity index is 333. The van der Waals surface area contributed by atoms with Crippen LogP contribution in [0.15, 0.2) is 0 Å². The molecule has 0 aliphatic carbocycles. The maximum absolute atomic E-state index is 12.2. The van der Waals surface area contributed by atoms with E-state index in [0.717, 1.165) is 38.8 Å². The fourth-order valence-electron chi connectivity index (χ4n) is 2.48. The molecule has 100 valence electrons. The third kappa shape index (κ3) is 3.19. The average Bonchev–Trinajstić information content (AvgIpc) is 2.84. The normalized spacial score (nSPS) is 30.9. The Labute approximate surface area is 104 Å². The van der Waals surface area contributed by atoms with Gasteiger partial charge in [0.1, 0.15) is 0 Å². The molecular weight excluding hydrogens is 240 g/mol. The molecule has 0 radical (unpaired) electrons. The van der Waals surface area contributed by atoms with E-state index < -0.39 is 10.0 Å². The average molecular weight is 262 g/mol. The summed E-state index contributed by atoms with van der Waals surface area (Å²) in [5.74, 6) is 0. The Balaban J connectivity index is 1.91. The number of ether oxygens (including phenoxy) is 1. The van der Waals surface area contributed by atoms with Gasteiger partial charge in [0.15, 0.2) is 0 Å². The van der Waals surface area contributed by atoms with E-state index in [2.05, 4.69) is 5.32 Å². The zero-order valence-corrected chi connectivity index (χ0v) is 11.2. The molecule has 1 N–H and O–H groups in total. The number of sulfonamides is 1. The summed E-state index contributed by atoms with van der Waals surface area (Å²) in [6.07, 6.45) is 4.02. The largest absolute Gasteiger partial charge is 0.377 e. The molecule has 0 aromatic heterocycles. The van der Waals surface area contributed by atoms with Crippen LogP contribution in [0, 0.1) is 0 Å². The maximum atomic E-state index is 12.2. The lowest BCUT2D eigenvalue weighted by Gasteiger charge is -2.28. The molecule has 2 rings (SSSR count). The van der Waals surface area contributed by atoms with Gasteiger partial charge < -0.3 is 10.1 Å². The van der Waals surface area contributed by atoms with Gasteiger partial charge in [-0.15, -0.1) is 0 Å². The van der Waals surface area contributed by atoms with Crippen molar-refractivity contribution in [3.63, 3.8) is 0 Å². The first kappa shape index (κ1) is 13.3. The molecule has 2 heterocycles. The van der Waals surface area contributed by atoms with E-state index in [0.29, 0.717) is 13.1 Å². The van der Waals surface area contributed by atoms with Gasteiger partial charge in [-0.25, -0.2) is 12.7 Å². The molecule has 0 amide bonds. The molecule has 0 bridgehead atoms. The molecule has 2 aliphatic rings. The lowest BCUT2D eigenvalue weighted by atomic mass is 10.1. The van der Waals surface area contributed by atoms with Crippen LogP contribution in [0.1, 0.15) is 25.7 Å². The highest BCUT2D eigenvalue weighted by Gasteiger charge is 2.33. The highest BCUT2D eigenvalue weighted by molar-refractivity contribution is 7.89. The van der Waals surface area contributed by atoms with Crippen LogP contribution in [-0.4, -0.2) is 57.4 Å². The van der Waals surface area contributed by atoms with Crippen molar-refractivity contribution in [1.82, 2.24) is 9.62 Å². The Morgan fingerprint density at radius 1 is 1.35 bits per heavy atom. The fraction of sp³-hybridized carbons (Fsp3) is 1.00. The third-order valence-electron chi connectivity index (χ3n) is 3.61. The van der Waals surface area contributed by atoms with E-state index >= 15 is 0 Å². The predicted octanol–water partition coefficient (Wildman–Crippen LogP) is 0.179. The minimum Gasteiger partial charge on any atom is -0.377 e. The Morgan fingerprint density at radius 2 is 2.18 bits per heavy atom. The highest BCUT2D eigenvalue weighted by atomic mass is 32.2. The van der Waals surface area contributed by atoms with Crippen LogP contribution in [0.5, 0.6) is 0 Å². The van der Waals surface area contributed by atoms with Crippen molar-refractivity contribution in [3.05, 3.63) is 0 Å². The zero-order chi connectivity index (χ0) is 12.3. The first-order valence-electron chi connectivity index (χ1n) is 6.38. The smallest absolute Gasteiger partial charge is 0.218 e. The Hall–Kier alpha value is -0.170. The molecule has 0 saturated carbocycles. The summed E-state index contributed by atoms with van der Waals surface area (Å²) in [6.45, 7) is 2.65. The van der Waals surface area contributed by atoms with Crippen molar-refractivity contribution in [2.75, 3.05) is 33.3 Å². The summed E-state index contributed by atoms with van der Waals surface area (Å²) >= 11 is 0. The number of nitrogens with one attached hydrogen (secondary N) is 1. The van der Waals surface area contributed by atoms with Gasteiger partial charge in [0.25, 0.3) is 0 Å². The Kier molecular flexibility index (Phi) is 4.41. The van der Waals surface area contributed by atoms with Gasteiger partial charge in [-0.05, 0) is 32.2 Å². The van der Waals surface area contributed by atoms with E-state index in [4.69, 9.17) is 4.74 Å². The summed E-state index contributed by atoms with van der Waals surface area (Å²) < 4.78 is 31.5. The summed E-state index contributed by atoms with van der Waals surface area (Å²) in [7, 11) is -1.48. The fourth-order valence-corrected chi connectivity index (χ4v) is 4.11. The number of nitrogens with zero attached hydrogens (tertiary/aromatic N) is 1. The molecule has 5 nitrogen and oxygen atoms in total. The Morgan fingerprint density at radius 3 is 2.76 bits per heavy atom. The van der Waals surface area contributed by atoms with Crippen molar-refractivity contribution >= 4 is 10.0 Å². The minimum absolute atomic E-state index is 0.0814. The summed E-state index contributed by atoms with van der Waals surface area (Å²) in [5.41, 5.74) is 0. The van der Waals surface area contributed by atoms with Crippen LogP contribution in [0.2, 0.25) is 0 Å². The number of likely N-dealkylation sites (N-methyl/N-ethyl adjacent to an activating group) is 1. The van der Waals surface area contributed by atoms with Crippen LogP contribution >= 0.6 is 0 Å². The molecule has 2 atom stereocenters. The minimum atomic E-state index is -3.15. The van der Waals surface area contributed by atoms with Gasteiger partial charge in [0.2, 0.25) is 10.0 Å². The van der Waals surface area contributed by atoms with Gasteiger partial charge in [-0.2, -0.15) is 0 Å². The molecule has 0 aromatic rings. The first-order chi connectivity index (χ1) is 8.10. The number of hydrogen-bond acceptors (Lipinski definition) is 4. The van der Waals surface area contributed by atoms with E-state index in [1.807, 2.05) is 0 Å². The molecule has 17 heavy (non-hydrogen) atoms. The molecule has 2 fully saturated rings. The molecule has 2 unspecified atom stereocenters. The van der Waals surface area contributed by atoms with Gasteiger partial charge >= 0.3 is 0 Å². The molecule has 0 spiro atoms. The maximum Gasteiger partial charge on any atom is 0.218 e. The topological polar surface area (TPSA) is 58.6 Å². The van der Waals surface area contributed by atoms with Gasteiger partial charge in [-0.1, -0.05) is 0 Å². The van der Waals surface area contributed by atoms with Crippen molar-refractivity contribution < 1.29 is 13.2 Å². The second-order valence-corrected chi connectivity index (χ2v) is 7.25. The second-order valence-electron chi connectivity index (χ2n) is 4.93. The van der Waals surface area contributed by atoms with E-state index in [1.165, 1.54) is 4.31 Å².